The summed E-state index contributed by atoms with van der Waals surface area (Å²) in [7, 11) is 0. The number of anilines is 1. The van der Waals surface area contributed by atoms with Gasteiger partial charge in [0.05, 0.1) is 17.9 Å². The van der Waals surface area contributed by atoms with E-state index in [-0.39, 0.29) is 11.5 Å². The molecule has 1 aromatic carbocycles. The van der Waals surface area contributed by atoms with Crippen molar-refractivity contribution in [3.63, 3.8) is 0 Å². The maximum absolute atomic E-state index is 6.29. The SMILES string of the molecule is CC(C)(C)c1cn2nc(N[C@@H]3CCc4c(Cl)cccc43)sc2n1. The van der Waals surface area contributed by atoms with Gasteiger partial charge in [0.25, 0.3) is 0 Å². The molecule has 1 aliphatic rings. The quantitative estimate of drug-likeness (QED) is 0.721. The normalized spacial score (nSPS) is 17.7. The van der Waals surface area contributed by atoms with E-state index in [1.54, 1.807) is 11.3 Å². The minimum absolute atomic E-state index is 0.0438. The number of fused-ring (bicyclic) bond motifs is 2. The van der Waals surface area contributed by atoms with Crippen LogP contribution in [0.15, 0.2) is 24.4 Å². The number of halogens is 1. The largest absolute Gasteiger partial charge is 0.353 e. The summed E-state index contributed by atoms with van der Waals surface area (Å²) in [6.07, 6.45) is 4.09. The number of imidazole rings is 1. The highest BCUT2D eigenvalue weighted by molar-refractivity contribution is 7.20. The lowest BCUT2D eigenvalue weighted by atomic mass is 9.93. The summed E-state index contributed by atoms with van der Waals surface area (Å²) in [5.41, 5.74) is 3.67. The van der Waals surface area contributed by atoms with Crippen molar-refractivity contribution in [3.05, 3.63) is 46.2 Å². The summed E-state index contributed by atoms with van der Waals surface area (Å²) >= 11 is 7.89. The lowest BCUT2D eigenvalue weighted by Gasteiger charge is -2.14. The molecule has 0 saturated carbocycles. The van der Waals surface area contributed by atoms with Gasteiger partial charge in [0.2, 0.25) is 10.1 Å². The van der Waals surface area contributed by atoms with E-state index in [1.165, 1.54) is 11.1 Å². The van der Waals surface area contributed by atoms with Crippen molar-refractivity contribution in [1.82, 2.24) is 14.6 Å². The highest BCUT2D eigenvalue weighted by Gasteiger charge is 2.25. The molecule has 0 fully saturated rings. The molecule has 6 heteroatoms. The third-order valence-electron chi connectivity index (χ3n) is 4.32. The molecule has 0 aliphatic heterocycles. The van der Waals surface area contributed by atoms with Crippen LogP contribution in [0.25, 0.3) is 4.96 Å². The Balaban J connectivity index is 1.60. The fraction of sp³-hybridized carbons (Fsp3) is 0.412. The van der Waals surface area contributed by atoms with E-state index >= 15 is 0 Å². The molecule has 3 aromatic rings. The smallest absolute Gasteiger partial charge is 0.214 e. The third-order valence-corrected chi connectivity index (χ3v) is 5.53. The molecule has 4 nitrogen and oxygen atoms in total. The van der Waals surface area contributed by atoms with Gasteiger partial charge in [-0.2, -0.15) is 0 Å². The predicted molar refractivity (Wildman–Crippen MR) is 95.7 cm³/mol. The Morgan fingerprint density at radius 1 is 1.35 bits per heavy atom. The van der Waals surface area contributed by atoms with Gasteiger partial charge in [-0.1, -0.05) is 55.8 Å². The fourth-order valence-corrected chi connectivity index (χ4v) is 4.14. The van der Waals surface area contributed by atoms with Crippen molar-refractivity contribution in [3.8, 4) is 0 Å². The van der Waals surface area contributed by atoms with Gasteiger partial charge in [-0.25, -0.2) is 9.50 Å². The van der Waals surface area contributed by atoms with E-state index in [9.17, 15) is 0 Å². The van der Waals surface area contributed by atoms with Crippen molar-refractivity contribution in [2.45, 2.75) is 45.1 Å². The molecule has 0 spiro atoms. The lowest BCUT2D eigenvalue weighted by Crippen LogP contribution is -2.11. The van der Waals surface area contributed by atoms with Crippen LogP contribution in [0.1, 0.15) is 50.1 Å². The Morgan fingerprint density at radius 2 is 2.17 bits per heavy atom. The minimum Gasteiger partial charge on any atom is -0.353 e. The van der Waals surface area contributed by atoms with Gasteiger partial charge in [0, 0.05) is 10.4 Å². The Kier molecular flexibility index (Phi) is 3.39. The van der Waals surface area contributed by atoms with Crippen LogP contribution >= 0.6 is 22.9 Å². The molecular weight excluding hydrogens is 328 g/mol. The van der Waals surface area contributed by atoms with Crippen molar-refractivity contribution in [1.29, 1.82) is 0 Å². The summed E-state index contributed by atoms with van der Waals surface area (Å²) in [5, 5.41) is 9.96. The number of nitrogens with zero attached hydrogens (tertiary/aromatic N) is 3. The first-order chi connectivity index (χ1) is 10.9. The van der Waals surface area contributed by atoms with Crippen LogP contribution in [0.4, 0.5) is 5.13 Å². The summed E-state index contributed by atoms with van der Waals surface area (Å²) in [6, 6.07) is 6.42. The zero-order chi connectivity index (χ0) is 16.2. The first-order valence-corrected chi connectivity index (χ1v) is 9.02. The van der Waals surface area contributed by atoms with Gasteiger partial charge < -0.3 is 5.32 Å². The zero-order valence-electron chi connectivity index (χ0n) is 13.4. The Hall–Kier alpha value is -1.59. The molecule has 1 N–H and O–H groups in total. The van der Waals surface area contributed by atoms with Crippen LogP contribution in [0, 0.1) is 0 Å². The van der Waals surface area contributed by atoms with Crippen molar-refractivity contribution < 1.29 is 0 Å². The van der Waals surface area contributed by atoms with Gasteiger partial charge >= 0.3 is 0 Å². The lowest BCUT2D eigenvalue weighted by molar-refractivity contribution is 0.572. The van der Waals surface area contributed by atoms with Gasteiger partial charge in [-0.3, -0.25) is 0 Å². The van der Waals surface area contributed by atoms with Gasteiger partial charge in [0.15, 0.2) is 0 Å². The molecule has 2 aromatic heterocycles. The second-order valence-corrected chi connectivity index (χ2v) is 8.42. The van der Waals surface area contributed by atoms with Crippen LogP contribution in [0.5, 0.6) is 0 Å². The van der Waals surface area contributed by atoms with Crippen molar-refractivity contribution in [2.24, 2.45) is 0 Å². The number of aromatic nitrogens is 3. The molecule has 0 bridgehead atoms. The number of benzene rings is 1. The molecule has 2 heterocycles. The topological polar surface area (TPSA) is 42.2 Å². The first-order valence-electron chi connectivity index (χ1n) is 7.82. The number of hydrogen-bond donors (Lipinski definition) is 1. The predicted octanol–water partition coefficient (Wildman–Crippen LogP) is 4.84. The Labute approximate surface area is 144 Å². The summed E-state index contributed by atoms with van der Waals surface area (Å²) in [4.78, 5) is 5.63. The molecule has 0 radical (unpaired) electrons. The van der Waals surface area contributed by atoms with E-state index in [0.717, 1.165) is 33.7 Å². The Bertz CT molecular complexity index is 843. The highest BCUT2D eigenvalue weighted by atomic mass is 35.5. The standard InChI is InChI=1S/C17H19ClN4S/c1-17(2,3)14-9-22-16(20-14)23-15(21-22)19-13-8-7-10-11(13)5-4-6-12(10)18/h4-6,9,13H,7-8H2,1-3H3,(H,19,21)/t13-/m1/s1. The van der Waals surface area contributed by atoms with Crippen LogP contribution < -0.4 is 5.32 Å². The summed E-state index contributed by atoms with van der Waals surface area (Å²) < 4.78 is 1.88. The van der Waals surface area contributed by atoms with Crippen molar-refractivity contribution in [2.75, 3.05) is 5.32 Å². The second kappa shape index (κ2) is 5.21. The fourth-order valence-electron chi connectivity index (χ4n) is 3.03. The van der Waals surface area contributed by atoms with E-state index in [2.05, 4.69) is 37.3 Å². The maximum atomic E-state index is 6.29. The number of nitrogens with one attached hydrogen (secondary N) is 1. The maximum Gasteiger partial charge on any atom is 0.214 e. The van der Waals surface area contributed by atoms with Crippen LogP contribution in [-0.4, -0.2) is 14.6 Å². The first kappa shape index (κ1) is 15.0. The summed E-state index contributed by atoms with van der Waals surface area (Å²) in [5.74, 6) is 0. The van der Waals surface area contributed by atoms with Crippen molar-refractivity contribution >= 4 is 33.0 Å². The molecule has 1 aliphatic carbocycles. The highest BCUT2D eigenvalue weighted by Crippen LogP contribution is 2.38. The van der Waals surface area contributed by atoms with Gasteiger partial charge in [-0.15, -0.1) is 5.10 Å². The molecule has 4 rings (SSSR count). The Morgan fingerprint density at radius 3 is 2.91 bits per heavy atom. The molecule has 1 atom stereocenters. The monoisotopic (exact) mass is 346 g/mol. The molecular formula is C17H19ClN4S. The van der Waals surface area contributed by atoms with E-state index in [1.807, 2.05) is 22.8 Å². The average Bonchev–Trinajstić information content (AvgIpc) is 3.12. The number of rotatable bonds is 2. The van der Waals surface area contributed by atoms with Crippen LogP contribution in [0.3, 0.4) is 0 Å². The van der Waals surface area contributed by atoms with Gasteiger partial charge in [-0.05, 0) is 30.0 Å². The zero-order valence-corrected chi connectivity index (χ0v) is 15.0. The van der Waals surface area contributed by atoms with E-state index < -0.39 is 0 Å². The molecule has 23 heavy (non-hydrogen) atoms. The second-order valence-electron chi connectivity index (χ2n) is 7.05. The molecule has 0 unspecified atom stereocenters. The molecule has 0 amide bonds. The van der Waals surface area contributed by atoms with E-state index in [0.29, 0.717) is 0 Å². The summed E-state index contributed by atoms with van der Waals surface area (Å²) in [6.45, 7) is 6.49. The number of hydrogen-bond acceptors (Lipinski definition) is 4. The van der Waals surface area contributed by atoms with E-state index in [4.69, 9.17) is 16.6 Å². The molecule has 0 saturated heterocycles. The minimum atomic E-state index is 0.0438. The third kappa shape index (κ3) is 2.62. The van der Waals surface area contributed by atoms with Crippen LogP contribution in [0.2, 0.25) is 5.02 Å². The van der Waals surface area contributed by atoms with Crippen LogP contribution in [-0.2, 0) is 11.8 Å². The average molecular weight is 347 g/mol. The van der Waals surface area contributed by atoms with Gasteiger partial charge in [0.1, 0.15) is 0 Å². The molecule has 120 valence electrons.